The molecule has 1 atom stereocenters. The van der Waals surface area contributed by atoms with E-state index in [0.717, 1.165) is 5.56 Å². The van der Waals surface area contributed by atoms with E-state index in [9.17, 15) is 9.18 Å². The fraction of sp³-hybridized carbons (Fsp3) is 0.417. The van der Waals surface area contributed by atoms with E-state index in [2.05, 4.69) is 10.6 Å². The van der Waals surface area contributed by atoms with Gasteiger partial charge in [0.1, 0.15) is 5.82 Å². The average molecular weight is 240 g/mol. The van der Waals surface area contributed by atoms with Gasteiger partial charge in [0.2, 0.25) is 0 Å². The van der Waals surface area contributed by atoms with Crippen LogP contribution in [0.25, 0.3) is 0 Å². The van der Waals surface area contributed by atoms with Gasteiger partial charge in [0.25, 0.3) is 0 Å². The Morgan fingerprint density at radius 1 is 1.41 bits per heavy atom. The second-order valence-corrected chi connectivity index (χ2v) is 3.86. The Labute approximate surface area is 99.8 Å². The van der Waals surface area contributed by atoms with E-state index in [0.29, 0.717) is 13.0 Å². The van der Waals surface area contributed by atoms with Gasteiger partial charge in [-0.15, -0.1) is 0 Å². The van der Waals surface area contributed by atoms with Crippen LogP contribution in [-0.2, 0) is 6.42 Å². The van der Waals surface area contributed by atoms with Gasteiger partial charge in [-0.2, -0.15) is 0 Å². The Bertz CT molecular complexity index is 354. The third kappa shape index (κ3) is 5.31. The fourth-order valence-corrected chi connectivity index (χ4v) is 1.29. The highest BCUT2D eigenvalue weighted by atomic mass is 19.1. The summed E-state index contributed by atoms with van der Waals surface area (Å²) in [5.41, 5.74) is 0.960. The molecule has 0 radical (unpaired) electrons. The minimum Gasteiger partial charge on any atom is -0.394 e. The molecular weight excluding hydrogens is 223 g/mol. The molecular formula is C12H17FN2O2. The molecule has 0 aliphatic carbocycles. The van der Waals surface area contributed by atoms with Gasteiger partial charge in [-0.1, -0.05) is 12.1 Å². The van der Waals surface area contributed by atoms with Gasteiger partial charge in [-0.05, 0) is 31.0 Å². The Hall–Kier alpha value is -1.62. The second kappa shape index (κ2) is 6.85. The van der Waals surface area contributed by atoms with Crippen LogP contribution in [-0.4, -0.2) is 30.3 Å². The molecule has 94 valence electrons. The van der Waals surface area contributed by atoms with Crippen molar-refractivity contribution in [3.05, 3.63) is 35.6 Å². The van der Waals surface area contributed by atoms with Crippen molar-refractivity contribution in [3.8, 4) is 0 Å². The van der Waals surface area contributed by atoms with Crippen molar-refractivity contribution < 1.29 is 14.3 Å². The average Bonchev–Trinajstić information content (AvgIpc) is 2.31. The van der Waals surface area contributed by atoms with Crippen molar-refractivity contribution in [2.24, 2.45) is 0 Å². The van der Waals surface area contributed by atoms with Gasteiger partial charge >= 0.3 is 6.03 Å². The third-order valence-corrected chi connectivity index (χ3v) is 2.26. The molecule has 0 saturated heterocycles. The lowest BCUT2D eigenvalue weighted by molar-refractivity contribution is 0.220. The largest absolute Gasteiger partial charge is 0.394 e. The van der Waals surface area contributed by atoms with E-state index in [4.69, 9.17) is 5.11 Å². The van der Waals surface area contributed by atoms with Crippen LogP contribution in [0, 0.1) is 5.82 Å². The summed E-state index contributed by atoms with van der Waals surface area (Å²) in [5.74, 6) is -0.267. The first kappa shape index (κ1) is 13.4. The molecule has 3 N–H and O–H groups in total. The number of carbonyl (C=O) groups is 1. The summed E-state index contributed by atoms with van der Waals surface area (Å²) in [6, 6.07) is 5.58. The summed E-state index contributed by atoms with van der Waals surface area (Å²) in [6.07, 6.45) is 0.640. The predicted molar refractivity (Wildman–Crippen MR) is 63.2 cm³/mol. The molecule has 1 aromatic rings. The lowest BCUT2D eigenvalue weighted by Gasteiger charge is -2.11. The second-order valence-electron chi connectivity index (χ2n) is 3.86. The standard InChI is InChI=1S/C12H17FN2O2/c1-9(8-16)15-12(17)14-7-6-10-2-4-11(13)5-3-10/h2-5,9,16H,6-8H2,1H3,(H2,14,15,17). The number of aliphatic hydroxyl groups is 1. The molecule has 2 amide bonds. The quantitative estimate of drug-likeness (QED) is 0.720. The zero-order chi connectivity index (χ0) is 12.7. The number of urea groups is 1. The number of benzene rings is 1. The number of nitrogens with one attached hydrogen (secondary N) is 2. The SMILES string of the molecule is CC(CO)NC(=O)NCCc1ccc(F)cc1. The molecule has 0 saturated carbocycles. The van der Waals surface area contributed by atoms with Crippen LogP contribution in [0.15, 0.2) is 24.3 Å². The summed E-state index contributed by atoms with van der Waals surface area (Å²) in [6.45, 7) is 2.08. The summed E-state index contributed by atoms with van der Waals surface area (Å²) in [7, 11) is 0. The first-order valence-corrected chi connectivity index (χ1v) is 5.51. The van der Waals surface area contributed by atoms with Crippen molar-refractivity contribution in [2.75, 3.05) is 13.2 Å². The van der Waals surface area contributed by atoms with Crippen molar-refractivity contribution >= 4 is 6.03 Å². The summed E-state index contributed by atoms with van der Waals surface area (Å²) < 4.78 is 12.6. The summed E-state index contributed by atoms with van der Waals surface area (Å²) >= 11 is 0. The molecule has 0 aliphatic heterocycles. The van der Waals surface area contributed by atoms with Crippen molar-refractivity contribution in [1.82, 2.24) is 10.6 Å². The Kier molecular flexibility index (Phi) is 5.42. The van der Waals surface area contributed by atoms with Crippen LogP contribution < -0.4 is 10.6 Å². The molecule has 1 aromatic carbocycles. The maximum absolute atomic E-state index is 12.6. The minimum atomic E-state index is -0.311. The summed E-state index contributed by atoms with van der Waals surface area (Å²) in [5, 5.41) is 14.0. The molecule has 0 heterocycles. The summed E-state index contributed by atoms with van der Waals surface area (Å²) in [4.78, 5) is 11.3. The maximum atomic E-state index is 12.6. The van der Waals surface area contributed by atoms with Crippen LogP contribution in [0.5, 0.6) is 0 Å². The monoisotopic (exact) mass is 240 g/mol. The highest BCUT2D eigenvalue weighted by Gasteiger charge is 2.04. The van der Waals surface area contributed by atoms with Crippen LogP contribution in [0.1, 0.15) is 12.5 Å². The van der Waals surface area contributed by atoms with Gasteiger partial charge < -0.3 is 15.7 Å². The van der Waals surface area contributed by atoms with E-state index in [1.54, 1.807) is 19.1 Å². The number of hydrogen-bond acceptors (Lipinski definition) is 2. The van der Waals surface area contributed by atoms with E-state index >= 15 is 0 Å². The highest BCUT2D eigenvalue weighted by Crippen LogP contribution is 2.02. The maximum Gasteiger partial charge on any atom is 0.315 e. The molecule has 0 bridgehead atoms. The van der Waals surface area contributed by atoms with E-state index in [1.165, 1.54) is 12.1 Å². The lowest BCUT2D eigenvalue weighted by atomic mass is 10.1. The molecule has 0 fully saturated rings. The molecule has 17 heavy (non-hydrogen) atoms. The lowest BCUT2D eigenvalue weighted by Crippen LogP contribution is -2.42. The van der Waals surface area contributed by atoms with Gasteiger partial charge in [0.15, 0.2) is 0 Å². The van der Waals surface area contributed by atoms with Gasteiger partial charge in [-0.25, -0.2) is 9.18 Å². The third-order valence-electron chi connectivity index (χ3n) is 2.26. The van der Waals surface area contributed by atoms with Crippen LogP contribution in [0.3, 0.4) is 0 Å². The smallest absolute Gasteiger partial charge is 0.315 e. The molecule has 0 aliphatic rings. The van der Waals surface area contributed by atoms with Gasteiger partial charge in [-0.3, -0.25) is 0 Å². The van der Waals surface area contributed by atoms with E-state index in [-0.39, 0.29) is 24.5 Å². The van der Waals surface area contributed by atoms with Crippen LogP contribution >= 0.6 is 0 Å². The van der Waals surface area contributed by atoms with Gasteiger partial charge in [0, 0.05) is 6.54 Å². The number of hydrogen-bond donors (Lipinski definition) is 3. The Morgan fingerprint density at radius 3 is 2.65 bits per heavy atom. The van der Waals surface area contributed by atoms with Crippen molar-refractivity contribution in [1.29, 1.82) is 0 Å². The molecule has 1 rings (SSSR count). The molecule has 1 unspecified atom stereocenters. The number of amides is 2. The number of carbonyl (C=O) groups excluding carboxylic acids is 1. The van der Waals surface area contributed by atoms with E-state index in [1.807, 2.05) is 0 Å². The van der Waals surface area contributed by atoms with Gasteiger partial charge in [0.05, 0.1) is 12.6 Å². The van der Waals surface area contributed by atoms with Crippen molar-refractivity contribution in [3.63, 3.8) is 0 Å². The molecule has 4 nitrogen and oxygen atoms in total. The Balaban J connectivity index is 2.23. The first-order chi connectivity index (χ1) is 8.11. The van der Waals surface area contributed by atoms with Crippen LogP contribution in [0.4, 0.5) is 9.18 Å². The number of halogens is 1. The van der Waals surface area contributed by atoms with Crippen LogP contribution in [0.2, 0.25) is 0 Å². The van der Waals surface area contributed by atoms with Crippen molar-refractivity contribution in [2.45, 2.75) is 19.4 Å². The Morgan fingerprint density at radius 2 is 2.06 bits per heavy atom. The highest BCUT2D eigenvalue weighted by molar-refractivity contribution is 5.74. The first-order valence-electron chi connectivity index (χ1n) is 5.51. The van der Waals surface area contributed by atoms with E-state index < -0.39 is 0 Å². The minimum absolute atomic E-state index is 0.0919. The molecule has 0 spiro atoms. The molecule has 5 heteroatoms. The fourth-order valence-electron chi connectivity index (χ4n) is 1.29. The zero-order valence-electron chi connectivity index (χ0n) is 9.74. The topological polar surface area (TPSA) is 61.4 Å². The molecule has 0 aromatic heterocycles. The number of rotatable bonds is 5. The predicted octanol–water partition coefficient (Wildman–Crippen LogP) is 1.05. The normalized spacial score (nSPS) is 11.9. The zero-order valence-corrected chi connectivity index (χ0v) is 9.74. The number of aliphatic hydroxyl groups excluding tert-OH is 1.